The number of aromatic nitrogens is 5. The van der Waals surface area contributed by atoms with E-state index in [0.717, 1.165) is 31.4 Å². The first kappa shape index (κ1) is 18.4. The zero-order chi connectivity index (χ0) is 20.7. The third kappa shape index (κ3) is 3.13. The maximum Gasteiger partial charge on any atom is 0.278 e. The average molecular weight is 405 g/mol. The van der Waals surface area contributed by atoms with Crippen LogP contribution in [0.4, 0.5) is 16.0 Å². The van der Waals surface area contributed by atoms with Gasteiger partial charge in [-0.25, -0.2) is 23.7 Å². The summed E-state index contributed by atoms with van der Waals surface area (Å²) in [5.74, 6) is 0.344. The van der Waals surface area contributed by atoms with Gasteiger partial charge in [0.1, 0.15) is 11.2 Å². The Hall–Kier alpha value is -3.59. The number of anilines is 2. The smallest absolute Gasteiger partial charge is 0.278 e. The molecular formula is C21H20FN7O. The molecule has 0 saturated heterocycles. The Morgan fingerprint density at radius 2 is 2.07 bits per heavy atom. The maximum atomic E-state index is 13.4. The van der Waals surface area contributed by atoms with Gasteiger partial charge in [0, 0.05) is 25.0 Å². The first-order valence-electron chi connectivity index (χ1n) is 9.84. The number of pyridine rings is 1. The second kappa shape index (κ2) is 7.34. The second-order valence-electron chi connectivity index (χ2n) is 7.13. The molecule has 1 aromatic carbocycles. The Morgan fingerprint density at radius 3 is 2.87 bits per heavy atom. The first-order chi connectivity index (χ1) is 14.6. The van der Waals surface area contributed by atoms with E-state index < -0.39 is 5.82 Å². The van der Waals surface area contributed by atoms with Crippen LogP contribution in [0.3, 0.4) is 0 Å². The zero-order valence-electron chi connectivity index (χ0n) is 16.4. The van der Waals surface area contributed by atoms with E-state index in [1.165, 1.54) is 34.1 Å². The molecule has 30 heavy (non-hydrogen) atoms. The van der Waals surface area contributed by atoms with Crippen molar-refractivity contribution in [1.82, 2.24) is 29.6 Å². The largest absolute Gasteiger partial charge is 0.324 e. The van der Waals surface area contributed by atoms with E-state index in [1.54, 1.807) is 4.68 Å². The number of benzene rings is 1. The van der Waals surface area contributed by atoms with Gasteiger partial charge in [-0.05, 0) is 55.3 Å². The zero-order valence-corrected chi connectivity index (χ0v) is 16.4. The highest BCUT2D eigenvalue weighted by Gasteiger charge is 2.18. The fourth-order valence-electron chi connectivity index (χ4n) is 3.78. The molecule has 5 rings (SSSR count). The molecule has 0 aliphatic carbocycles. The van der Waals surface area contributed by atoms with Crippen molar-refractivity contribution >= 4 is 22.7 Å². The van der Waals surface area contributed by atoms with Crippen molar-refractivity contribution in [3.05, 3.63) is 70.0 Å². The Labute approximate surface area is 171 Å². The number of nitrogens with one attached hydrogen (secondary N) is 2. The van der Waals surface area contributed by atoms with E-state index >= 15 is 0 Å². The topological polar surface area (TPSA) is 89.7 Å². The van der Waals surface area contributed by atoms with E-state index in [4.69, 9.17) is 0 Å². The van der Waals surface area contributed by atoms with Crippen LogP contribution in [0.15, 0.2) is 47.5 Å². The van der Waals surface area contributed by atoms with Gasteiger partial charge in [0.25, 0.3) is 5.56 Å². The summed E-state index contributed by atoms with van der Waals surface area (Å²) in [7, 11) is 0. The van der Waals surface area contributed by atoms with Crippen LogP contribution < -0.4 is 16.2 Å². The van der Waals surface area contributed by atoms with Gasteiger partial charge in [-0.15, -0.1) is 0 Å². The number of hydrogen-bond acceptors (Lipinski definition) is 6. The lowest BCUT2D eigenvalue weighted by Gasteiger charge is -2.18. The van der Waals surface area contributed by atoms with Crippen LogP contribution in [0.5, 0.6) is 0 Å². The summed E-state index contributed by atoms with van der Waals surface area (Å²) in [6.45, 7) is 4.10. The van der Waals surface area contributed by atoms with Crippen LogP contribution in [0, 0.1) is 5.82 Å². The van der Waals surface area contributed by atoms with Crippen molar-refractivity contribution in [3.63, 3.8) is 0 Å². The molecular weight excluding hydrogens is 385 g/mol. The lowest BCUT2D eigenvalue weighted by molar-refractivity contribution is 0.563. The Kier molecular flexibility index (Phi) is 4.51. The quantitative estimate of drug-likeness (QED) is 0.542. The fourth-order valence-corrected chi connectivity index (χ4v) is 3.78. The van der Waals surface area contributed by atoms with E-state index in [2.05, 4.69) is 37.7 Å². The summed E-state index contributed by atoms with van der Waals surface area (Å²) >= 11 is 0. The monoisotopic (exact) mass is 405 g/mol. The van der Waals surface area contributed by atoms with Crippen LogP contribution in [-0.2, 0) is 19.5 Å². The summed E-state index contributed by atoms with van der Waals surface area (Å²) < 4.78 is 16.5. The Bertz CT molecular complexity index is 1290. The van der Waals surface area contributed by atoms with Crippen LogP contribution in [0.25, 0.3) is 16.9 Å². The summed E-state index contributed by atoms with van der Waals surface area (Å²) in [5.41, 5.74) is 3.68. The predicted octanol–water partition coefficient (Wildman–Crippen LogP) is 2.53. The molecule has 0 spiro atoms. The fraction of sp³-hybridized carbons (Fsp3) is 0.238. The molecule has 0 amide bonds. The summed E-state index contributed by atoms with van der Waals surface area (Å²) in [5, 5.41) is 6.97. The van der Waals surface area contributed by atoms with Gasteiger partial charge in [-0.3, -0.25) is 4.79 Å². The minimum atomic E-state index is -0.444. The van der Waals surface area contributed by atoms with Crippen molar-refractivity contribution in [3.8, 4) is 5.82 Å². The van der Waals surface area contributed by atoms with Gasteiger partial charge in [-0.1, -0.05) is 6.07 Å². The van der Waals surface area contributed by atoms with Gasteiger partial charge in [0.2, 0.25) is 5.95 Å². The molecule has 0 saturated carbocycles. The average Bonchev–Trinajstić information content (AvgIpc) is 3.05. The molecule has 4 aromatic rings. The molecule has 9 heteroatoms. The number of nitrogens with zero attached hydrogens (tertiary/aromatic N) is 5. The molecule has 152 valence electrons. The number of rotatable bonds is 4. The Morgan fingerprint density at radius 1 is 1.17 bits per heavy atom. The predicted molar refractivity (Wildman–Crippen MR) is 112 cm³/mol. The van der Waals surface area contributed by atoms with Crippen molar-refractivity contribution < 1.29 is 4.39 Å². The third-order valence-corrected chi connectivity index (χ3v) is 5.25. The minimum absolute atomic E-state index is 0.216. The van der Waals surface area contributed by atoms with Crippen molar-refractivity contribution in [2.75, 3.05) is 11.9 Å². The summed E-state index contributed by atoms with van der Waals surface area (Å²) in [6, 6.07) is 9.02. The molecule has 0 unspecified atom stereocenters. The van der Waals surface area contributed by atoms with Crippen molar-refractivity contribution in [2.45, 2.75) is 26.4 Å². The van der Waals surface area contributed by atoms with Crippen molar-refractivity contribution in [1.29, 1.82) is 0 Å². The molecule has 0 fully saturated rings. The van der Waals surface area contributed by atoms with E-state index in [9.17, 15) is 9.18 Å². The normalized spacial score (nSPS) is 13.4. The summed E-state index contributed by atoms with van der Waals surface area (Å²) in [6.07, 6.45) is 3.61. The highest BCUT2D eigenvalue weighted by Crippen LogP contribution is 2.22. The van der Waals surface area contributed by atoms with Crippen LogP contribution in [-0.4, -0.2) is 30.9 Å². The molecule has 0 bridgehead atoms. The summed E-state index contributed by atoms with van der Waals surface area (Å²) in [4.78, 5) is 25.8. The first-order valence-corrected chi connectivity index (χ1v) is 9.84. The molecule has 0 atom stereocenters. The highest BCUT2D eigenvalue weighted by atomic mass is 19.1. The van der Waals surface area contributed by atoms with Gasteiger partial charge < -0.3 is 10.6 Å². The molecule has 3 aromatic heterocycles. The van der Waals surface area contributed by atoms with Gasteiger partial charge in [0.05, 0.1) is 6.20 Å². The maximum absolute atomic E-state index is 13.4. The van der Waals surface area contributed by atoms with E-state index in [0.29, 0.717) is 29.3 Å². The number of halogens is 1. The second-order valence-corrected chi connectivity index (χ2v) is 7.13. The van der Waals surface area contributed by atoms with Crippen LogP contribution >= 0.6 is 0 Å². The lowest BCUT2D eigenvalue weighted by Crippen LogP contribution is -2.23. The van der Waals surface area contributed by atoms with Gasteiger partial charge >= 0.3 is 0 Å². The van der Waals surface area contributed by atoms with Gasteiger partial charge in [-0.2, -0.15) is 4.98 Å². The third-order valence-electron chi connectivity index (χ3n) is 5.25. The molecule has 1 aliphatic rings. The molecule has 4 heterocycles. The van der Waals surface area contributed by atoms with Crippen LogP contribution in [0.1, 0.15) is 18.1 Å². The number of fused-ring (bicyclic) bond motifs is 2. The SMILES string of the molecule is CCn1c(=O)c2cnc(Nc3ccc4c(c3)CCNC4)nc2n1-c1ccc(F)cn1. The Balaban J connectivity index is 1.59. The van der Waals surface area contributed by atoms with Gasteiger partial charge in [0.15, 0.2) is 11.5 Å². The standard InChI is InChI=1S/C21H20FN7O/c1-2-28-20(30)17-12-25-21(26-16-5-3-14-10-23-8-7-13(14)9-16)27-19(17)29(28)18-6-4-15(22)11-24-18/h3-6,9,11-12,23H,2,7-8,10H2,1H3,(H,25,26,27). The molecule has 8 nitrogen and oxygen atoms in total. The van der Waals surface area contributed by atoms with E-state index in [1.807, 2.05) is 13.0 Å². The minimum Gasteiger partial charge on any atom is -0.324 e. The van der Waals surface area contributed by atoms with Crippen LogP contribution in [0.2, 0.25) is 0 Å². The molecule has 2 N–H and O–H groups in total. The molecule has 1 aliphatic heterocycles. The van der Waals surface area contributed by atoms with Crippen molar-refractivity contribution in [2.24, 2.45) is 0 Å². The number of hydrogen-bond donors (Lipinski definition) is 2. The van der Waals surface area contributed by atoms with E-state index in [-0.39, 0.29) is 5.56 Å². The molecule has 0 radical (unpaired) electrons. The highest BCUT2D eigenvalue weighted by molar-refractivity contribution is 5.77. The lowest BCUT2D eigenvalue weighted by atomic mass is 10.0.